The molecular weight excluding hydrogens is 550 g/mol. The molecule has 0 saturated carbocycles. The van der Waals surface area contributed by atoms with Crippen molar-refractivity contribution in [2.45, 2.75) is 51.1 Å². The third-order valence-electron chi connectivity index (χ3n) is 6.54. The Morgan fingerprint density at radius 3 is 2.40 bits per heavy atom. The lowest BCUT2D eigenvalue weighted by atomic mass is 10.1. The Kier molecular flexibility index (Phi) is 11.0. The average molecular weight is 586 g/mol. The van der Waals surface area contributed by atoms with Crippen LogP contribution in [0, 0.1) is 6.92 Å². The zero-order valence-electron chi connectivity index (χ0n) is 23.3. The van der Waals surface area contributed by atoms with Crippen LogP contribution in [0.15, 0.2) is 77.7 Å². The smallest absolute Gasteiger partial charge is 0.264 e. The zero-order valence-corrected chi connectivity index (χ0v) is 24.8. The molecule has 0 aliphatic heterocycles. The predicted molar refractivity (Wildman–Crippen MR) is 158 cm³/mol. The number of sulfonamides is 1. The Balaban J connectivity index is 2.02. The van der Waals surface area contributed by atoms with Crippen LogP contribution in [0.3, 0.4) is 0 Å². The number of carbonyl (C=O) groups is 2. The monoisotopic (exact) mass is 585 g/mol. The fourth-order valence-corrected chi connectivity index (χ4v) is 5.67. The second-order valence-corrected chi connectivity index (χ2v) is 11.7. The highest BCUT2D eigenvalue weighted by atomic mass is 35.5. The van der Waals surface area contributed by atoms with Crippen LogP contribution in [0.1, 0.15) is 37.8 Å². The van der Waals surface area contributed by atoms with Crippen molar-refractivity contribution in [3.8, 4) is 5.75 Å². The summed E-state index contributed by atoms with van der Waals surface area (Å²) in [5, 5.41) is 3.25. The van der Waals surface area contributed by atoms with Crippen LogP contribution < -0.4 is 14.4 Å². The summed E-state index contributed by atoms with van der Waals surface area (Å²) in [5.74, 6) is -0.259. The van der Waals surface area contributed by atoms with Gasteiger partial charge in [0, 0.05) is 18.1 Å². The van der Waals surface area contributed by atoms with E-state index in [0.717, 1.165) is 28.3 Å². The Hall–Kier alpha value is -3.56. The molecule has 0 fully saturated rings. The lowest BCUT2D eigenvalue weighted by Gasteiger charge is -2.32. The summed E-state index contributed by atoms with van der Waals surface area (Å²) >= 11 is 6.36. The van der Waals surface area contributed by atoms with Gasteiger partial charge in [0.15, 0.2) is 0 Å². The molecule has 3 aromatic carbocycles. The number of ether oxygens (including phenoxy) is 1. The Labute approximate surface area is 241 Å². The first kappa shape index (κ1) is 31.0. The number of nitrogens with zero attached hydrogens (tertiary/aromatic N) is 2. The number of carbonyl (C=O) groups excluding carboxylic acids is 2. The highest BCUT2D eigenvalue weighted by Crippen LogP contribution is 2.28. The van der Waals surface area contributed by atoms with Gasteiger partial charge in [0.1, 0.15) is 18.3 Å². The van der Waals surface area contributed by atoms with Gasteiger partial charge in [0.2, 0.25) is 11.8 Å². The van der Waals surface area contributed by atoms with Crippen LogP contribution >= 0.6 is 11.6 Å². The van der Waals surface area contributed by atoms with E-state index in [9.17, 15) is 18.0 Å². The molecule has 0 unspecified atom stereocenters. The van der Waals surface area contributed by atoms with E-state index < -0.39 is 28.5 Å². The molecule has 40 heavy (non-hydrogen) atoms. The summed E-state index contributed by atoms with van der Waals surface area (Å²) in [6, 6.07) is 19.1. The number of rotatable bonds is 13. The van der Waals surface area contributed by atoms with E-state index in [1.54, 1.807) is 62.6 Å². The molecule has 0 spiro atoms. The molecular formula is C30H36ClN3O5S. The van der Waals surface area contributed by atoms with Gasteiger partial charge in [-0.15, -0.1) is 0 Å². The standard InChI is InChI=1S/C30H36ClN3O5S/c1-5-6-17-32-30(36)23(3)33(20-24-11-10-12-26(18-24)39-4)29(35)21-34(25-16-15-22(2)28(31)19-25)40(37,38)27-13-8-7-9-14-27/h7-16,18-19,23H,5-6,17,20-21H2,1-4H3,(H,32,36)/t23-/m0/s1. The van der Waals surface area contributed by atoms with Crippen LogP contribution in [-0.4, -0.2) is 51.4 Å². The highest BCUT2D eigenvalue weighted by Gasteiger charge is 2.32. The Morgan fingerprint density at radius 2 is 1.75 bits per heavy atom. The third kappa shape index (κ3) is 7.76. The van der Waals surface area contributed by atoms with Crippen molar-refractivity contribution >= 4 is 39.1 Å². The van der Waals surface area contributed by atoms with Gasteiger partial charge in [0.25, 0.3) is 10.0 Å². The minimum absolute atomic E-state index is 0.0317. The molecule has 1 atom stereocenters. The molecule has 0 bridgehead atoms. The van der Waals surface area contributed by atoms with Crippen LogP contribution in [0.4, 0.5) is 5.69 Å². The number of hydrogen-bond acceptors (Lipinski definition) is 5. The second-order valence-electron chi connectivity index (χ2n) is 9.45. The quantitative estimate of drug-likeness (QED) is 0.279. The predicted octanol–water partition coefficient (Wildman–Crippen LogP) is 5.19. The number of halogens is 1. The van der Waals surface area contributed by atoms with E-state index in [1.807, 2.05) is 19.9 Å². The van der Waals surface area contributed by atoms with Crippen molar-refractivity contribution in [1.29, 1.82) is 0 Å². The molecule has 8 nitrogen and oxygen atoms in total. The molecule has 3 aromatic rings. The summed E-state index contributed by atoms with van der Waals surface area (Å²) in [6.07, 6.45) is 1.71. The lowest BCUT2D eigenvalue weighted by Crippen LogP contribution is -2.51. The molecule has 0 saturated heterocycles. The maximum atomic E-state index is 14.0. The fourth-order valence-electron chi connectivity index (χ4n) is 4.07. The third-order valence-corrected chi connectivity index (χ3v) is 8.73. The van der Waals surface area contributed by atoms with E-state index in [4.69, 9.17) is 16.3 Å². The first-order valence-corrected chi connectivity index (χ1v) is 14.9. The number of aryl methyl sites for hydroxylation is 1. The van der Waals surface area contributed by atoms with Gasteiger partial charge in [-0.3, -0.25) is 13.9 Å². The highest BCUT2D eigenvalue weighted by molar-refractivity contribution is 7.92. The topological polar surface area (TPSA) is 96.0 Å². The summed E-state index contributed by atoms with van der Waals surface area (Å²) in [4.78, 5) is 28.4. The Morgan fingerprint density at radius 1 is 1.02 bits per heavy atom. The maximum absolute atomic E-state index is 14.0. The number of benzene rings is 3. The van der Waals surface area contributed by atoms with Crippen molar-refractivity contribution in [1.82, 2.24) is 10.2 Å². The second kappa shape index (κ2) is 14.2. The molecule has 2 amide bonds. The average Bonchev–Trinajstić information content (AvgIpc) is 2.96. The van der Waals surface area contributed by atoms with Crippen LogP contribution in [0.2, 0.25) is 5.02 Å². The van der Waals surface area contributed by atoms with Crippen molar-refractivity contribution in [3.63, 3.8) is 0 Å². The van der Waals surface area contributed by atoms with E-state index >= 15 is 0 Å². The van der Waals surface area contributed by atoms with Crippen molar-refractivity contribution in [2.75, 3.05) is 24.5 Å². The molecule has 1 N–H and O–H groups in total. The molecule has 10 heteroatoms. The number of methoxy groups -OCH3 is 1. The van der Waals surface area contributed by atoms with Crippen LogP contribution in [-0.2, 0) is 26.2 Å². The maximum Gasteiger partial charge on any atom is 0.264 e. The zero-order chi connectivity index (χ0) is 29.3. The molecule has 0 radical (unpaired) electrons. The lowest BCUT2D eigenvalue weighted by molar-refractivity contribution is -0.139. The molecule has 0 aliphatic carbocycles. The SMILES string of the molecule is CCCCNC(=O)[C@H](C)N(Cc1cccc(OC)c1)C(=O)CN(c1ccc(C)c(Cl)c1)S(=O)(=O)c1ccccc1. The molecule has 3 rings (SSSR count). The summed E-state index contributed by atoms with van der Waals surface area (Å²) in [6.45, 7) is 5.49. The van der Waals surface area contributed by atoms with E-state index in [-0.39, 0.29) is 23.0 Å². The largest absolute Gasteiger partial charge is 0.497 e. The minimum atomic E-state index is -4.15. The van der Waals surface area contributed by atoms with Crippen molar-refractivity contribution in [2.24, 2.45) is 0 Å². The van der Waals surface area contributed by atoms with E-state index in [1.165, 1.54) is 23.1 Å². The van der Waals surface area contributed by atoms with Crippen molar-refractivity contribution in [3.05, 3.63) is 88.9 Å². The van der Waals surface area contributed by atoms with Crippen LogP contribution in [0.25, 0.3) is 0 Å². The fraction of sp³-hybridized carbons (Fsp3) is 0.333. The Bertz CT molecular complexity index is 1420. The van der Waals surface area contributed by atoms with Gasteiger partial charge in [-0.1, -0.05) is 61.3 Å². The van der Waals surface area contributed by atoms with Gasteiger partial charge in [-0.05, 0) is 67.8 Å². The van der Waals surface area contributed by atoms with Gasteiger partial charge >= 0.3 is 0 Å². The number of unbranched alkanes of at least 4 members (excludes halogenated alkanes) is 1. The number of nitrogens with one attached hydrogen (secondary N) is 1. The molecule has 0 heterocycles. The van der Waals surface area contributed by atoms with Crippen molar-refractivity contribution < 1.29 is 22.7 Å². The van der Waals surface area contributed by atoms with Gasteiger partial charge < -0.3 is 15.0 Å². The van der Waals surface area contributed by atoms with Crippen LogP contribution in [0.5, 0.6) is 5.75 Å². The summed E-state index contributed by atoms with van der Waals surface area (Å²) in [7, 11) is -2.61. The number of anilines is 1. The molecule has 0 aliphatic rings. The first-order valence-electron chi connectivity index (χ1n) is 13.1. The van der Waals surface area contributed by atoms with E-state index in [0.29, 0.717) is 17.3 Å². The normalized spacial score (nSPS) is 11.9. The minimum Gasteiger partial charge on any atom is -0.497 e. The number of hydrogen-bond donors (Lipinski definition) is 1. The van der Waals surface area contributed by atoms with Gasteiger partial charge in [0.05, 0.1) is 17.7 Å². The van der Waals surface area contributed by atoms with Gasteiger partial charge in [-0.25, -0.2) is 8.42 Å². The van der Waals surface area contributed by atoms with E-state index in [2.05, 4.69) is 5.32 Å². The number of amides is 2. The first-order chi connectivity index (χ1) is 19.1. The van der Waals surface area contributed by atoms with Gasteiger partial charge in [-0.2, -0.15) is 0 Å². The molecule has 0 aromatic heterocycles. The summed E-state index contributed by atoms with van der Waals surface area (Å²) < 4.78 is 34.0. The summed E-state index contributed by atoms with van der Waals surface area (Å²) in [5.41, 5.74) is 1.75. The molecule has 214 valence electrons.